The molecule has 0 saturated carbocycles. The Bertz CT molecular complexity index is 794. The quantitative estimate of drug-likeness (QED) is 0.654. The zero-order valence-electron chi connectivity index (χ0n) is 15.0. The normalized spacial score (nSPS) is 14.0. The largest absolute Gasteiger partial charge is 0.384 e. The molecule has 130 valence electrons. The van der Waals surface area contributed by atoms with Crippen molar-refractivity contribution in [2.45, 2.75) is 39.5 Å². The number of carbonyl (C=O) groups is 2. The Morgan fingerprint density at radius 2 is 1.56 bits per heavy atom. The molecule has 1 aliphatic carbocycles. The van der Waals surface area contributed by atoms with Crippen molar-refractivity contribution in [1.82, 2.24) is 0 Å². The zero-order valence-corrected chi connectivity index (χ0v) is 15.0. The summed E-state index contributed by atoms with van der Waals surface area (Å²) >= 11 is 0. The van der Waals surface area contributed by atoms with Crippen molar-refractivity contribution in [2.24, 2.45) is 5.92 Å². The molecule has 1 atom stereocenters. The highest BCUT2D eigenvalue weighted by Gasteiger charge is 2.31. The molecule has 0 bridgehead atoms. The highest BCUT2D eigenvalue weighted by molar-refractivity contribution is 6.30. The van der Waals surface area contributed by atoms with Gasteiger partial charge in [0.2, 0.25) is 0 Å². The Labute approximate surface area is 149 Å². The number of rotatable bonds is 7. The maximum atomic E-state index is 13.0. The number of hydrogen-bond acceptors (Lipinski definition) is 3. The van der Waals surface area contributed by atoms with E-state index in [4.69, 9.17) is 0 Å². The van der Waals surface area contributed by atoms with E-state index in [1.807, 2.05) is 18.2 Å². The summed E-state index contributed by atoms with van der Waals surface area (Å²) in [6.07, 6.45) is 4.71. The van der Waals surface area contributed by atoms with E-state index in [1.165, 1.54) is 19.3 Å². The lowest BCUT2D eigenvalue weighted by atomic mass is 9.83. The summed E-state index contributed by atoms with van der Waals surface area (Å²) in [6, 6.07) is 12.6. The summed E-state index contributed by atoms with van der Waals surface area (Å²) < 4.78 is 0. The standard InChI is InChI=1S/C22H25NO2/c1-3-5-9-15(4-2)14-23-19-13-8-12-18-20(19)22(25)17-11-7-6-10-16(17)21(18)24/h6-8,10-13,15,23H,3-5,9,14H2,1-2H3. The Hall–Kier alpha value is -2.42. The number of fused-ring (bicyclic) bond motifs is 2. The first kappa shape index (κ1) is 17.4. The van der Waals surface area contributed by atoms with Crippen LogP contribution in [-0.2, 0) is 0 Å². The van der Waals surface area contributed by atoms with Gasteiger partial charge in [-0.2, -0.15) is 0 Å². The smallest absolute Gasteiger partial charge is 0.196 e. The molecule has 3 rings (SSSR count). The third-order valence-electron chi connectivity index (χ3n) is 5.08. The van der Waals surface area contributed by atoms with E-state index in [2.05, 4.69) is 19.2 Å². The topological polar surface area (TPSA) is 46.2 Å². The van der Waals surface area contributed by atoms with Gasteiger partial charge in [-0.15, -0.1) is 0 Å². The molecule has 1 N–H and O–H groups in total. The van der Waals surface area contributed by atoms with Crippen molar-refractivity contribution in [2.75, 3.05) is 11.9 Å². The predicted octanol–water partition coefficient (Wildman–Crippen LogP) is 5.09. The highest BCUT2D eigenvalue weighted by atomic mass is 16.1. The lowest BCUT2D eigenvalue weighted by molar-refractivity contribution is 0.0979. The van der Waals surface area contributed by atoms with Gasteiger partial charge in [0.05, 0.1) is 5.56 Å². The van der Waals surface area contributed by atoms with Gasteiger partial charge < -0.3 is 5.32 Å². The molecule has 3 heteroatoms. The van der Waals surface area contributed by atoms with Gasteiger partial charge in [-0.3, -0.25) is 9.59 Å². The minimum absolute atomic E-state index is 0.0603. The van der Waals surface area contributed by atoms with Crippen LogP contribution in [0.5, 0.6) is 0 Å². The number of ketones is 2. The number of anilines is 1. The molecule has 0 radical (unpaired) electrons. The van der Waals surface area contributed by atoms with Crippen molar-refractivity contribution >= 4 is 17.3 Å². The minimum Gasteiger partial charge on any atom is -0.384 e. The van der Waals surface area contributed by atoms with Gasteiger partial charge in [-0.05, 0) is 18.4 Å². The molecule has 1 unspecified atom stereocenters. The van der Waals surface area contributed by atoms with E-state index >= 15 is 0 Å². The van der Waals surface area contributed by atoms with E-state index in [1.54, 1.807) is 24.3 Å². The van der Waals surface area contributed by atoms with Crippen LogP contribution in [0.25, 0.3) is 0 Å². The average molecular weight is 335 g/mol. The van der Waals surface area contributed by atoms with Crippen molar-refractivity contribution in [3.63, 3.8) is 0 Å². The number of nitrogens with one attached hydrogen (secondary N) is 1. The van der Waals surface area contributed by atoms with Crippen LogP contribution in [0.4, 0.5) is 5.69 Å². The first-order valence-corrected chi connectivity index (χ1v) is 9.22. The van der Waals surface area contributed by atoms with Crippen LogP contribution in [0, 0.1) is 5.92 Å². The molecule has 3 nitrogen and oxygen atoms in total. The van der Waals surface area contributed by atoms with Crippen LogP contribution >= 0.6 is 0 Å². The summed E-state index contributed by atoms with van der Waals surface area (Å²) in [7, 11) is 0. The second kappa shape index (κ2) is 7.64. The molecule has 0 aliphatic heterocycles. The van der Waals surface area contributed by atoms with Gasteiger partial charge in [0.1, 0.15) is 0 Å². The number of unbranched alkanes of at least 4 members (excludes halogenated alkanes) is 1. The molecule has 0 aromatic heterocycles. The fourth-order valence-electron chi connectivity index (χ4n) is 3.49. The number of carbonyl (C=O) groups excluding carboxylic acids is 2. The Kier molecular flexibility index (Phi) is 5.32. The summed E-state index contributed by atoms with van der Waals surface area (Å²) in [6.45, 7) is 5.24. The molecule has 2 aromatic carbocycles. The first-order chi connectivity index (χ1) is 12.2. The SMILES string of the molecule is CCCCC(CC)CNc1cccc2c1C(=O)c1ccccc1C2=O. The number of hydrogen-bond donors (Lipinski definition) is 1. The van der Waals surface area contributed by atoms with E-state index < -0.39 is 0 Å². The molecule has 0 heterocycles. The molecular weight excluding hydrogens is 310 g/mol. The monoisotopic (exact) mass is 335 g/mol. The van der Waals surface area contributed by atoms with Crippen LogP contribution in [0.3, 0.4) is 0 Å². The summed E-state index contributed by atoms with van der Waals surface area (Å²) in [5.41, 5.74) is 2.82. The van der Waals surface area contributed by atoms with E-state index in [0.717, 1.165) is 18.7 Å². The fourth-order valence-corrected chi connectivity index (χ4v) is 3.49. The van der Waals surface area contributed by atoms with Crippen LogP contribution in [0.15, 0.2) is 42.5 Å². The van der Waals surface area contributed by atoms with Gasteiger partial charge >= 0.3 is 0 Å². The molecule has 25 heavy (non-hydrogen) atoms. The molecular formula is C22H25NO2. The first-order valence-electron chi connectivity index (χ1n) is 9.22. The van der Waals surface area contributed by atoms with E-state index in [9.17, 15) is 9.59 Å². The molecule has 0 fully saturated rings. The Morgan fingerprint density at radius 3 is 2.24 bits per heavy atom. The van der Waals surface area contributed by atoms with Crippen molar-refractivity contribution in [3.05, 3.63) is 64.7 Å². The highest BCUT2D eigenvalue weighted by Crippen LogP contribution is 2.32. The van der Waals surface area contributed by atoms with Crippen molar-refractivity contribution in [1.29, 1.82) is 0 Å². The molecule has 2 aromatic rings. The average Bonchev–Trinajstić information content (AvgIpc) is 2.66. The predicted molar refractivity (Wildman–Crippen MR) is 102 cm³/mol. The van der Waals surface area contributed by atoms with Crippen LogP contribution < -0.4 is 5.32 Å². The molecule has 0 amide bonds. The van der Waals surface area contributed by atoms with Gasteiger partial charge in [0, 0.05) is 28.9 Å². The summed E-state index contributed by atoms with van der Waals surface area (Å²) in [5, 5.41) is 3.44. The van der Waals surface area contributed by atoms with Gasteiger partial charge in [0.25, 0.3) is 0 Å². The van der Waals surface area contributed by atoms with Crippen LogP contribution in [-0.4, -0.2) is 18.1 Å². The minimum atomic E-state index is -0.0631. The summed E-state index contributed by atoms with van der Waals surface area (Å²) in [4.78, 5) is 25.7. The number of benzene rings is 2. The molecule has 0 saturated heterocycles. The second-order valence-corrected chi connectivity index (χ2v) is 6.73. The van der Waals surface area contributed by atoms with Crippen molar-refractivity contribution < 1.29 is 9.59 Å². The molecule has 0 spiro atoms. The van der Waals surface area contributed by atoms with Crippen molar-refractivity contribution in [3.8, 4) is 0 Å². The van der Waals surface area contributed by atoms with Gasteiger partial charge in [-0.25, -0.2) is 0 Å². The lowest BCUT2D eigenvalue weighted by Gasteiger charge is -2.22. The Balaban J connectivity index is 1.89. The third-order valence-corrected chi connectivity index (χ3v) is 5.08. The van der Waals surface area contributed by atoms with E-state index in [-0.39, 0.29) is 11.6 Å². The maximum Gasteiger partial charge on any atom is 0.196 e. The van der Waals surface area contributed by atoms with E-state index in [0.29, 0.717) is 28.2 Å². The Morgan fingerprint density at radius 1 is 0.880 bits per heavy atom. The van der Waals surface area contributed by atoms with Gasteiger partial charge in [-0.1, -0.05) is 69.5 Å². The van der Waals surface area contributed by atoms with Gasteiger partial charge in [0.15, 0.2) is 11.6 Å². The fraction of sp³-hybridized carbons (Fsp3) is 0.364. The lowest BCUT2D eigenvalue weighted by Crippen LogP contribution is -2.23. The zero-order chi connectivity index (χ0) is 17.8. The molecule has 1 aliphatic rings. The van der Waals surface area contributed by atoms with Crippen LogP contribution in [0.2, 0.25) is 0 Å². The third kappa shape index (κ3) is 3.37. The van der Waals surface area contributed by atoms with Crippen LogP contribution in [0.1, 0.15) is 71.4 Å². The summed E-state index contributed by atoms with van der Waals surface area (Å²) in [5.74, 6) is 0.458. The second-order valence-electron chi connectivity index (χ2n) is 6.73. The maximum absolute atomic E-state index is 13.0.